The molecule has 0 bridgehead atoms. The van der Waals surface area contributed by atoms with Crippen molar-refractivity contribution in [1.29, 1.82) is 0 Å². The van der Waals surface area contributed by atoms with Gasteiger partial charge >= 0.3 is 27.6 Å². The number of hydrogen-bond donors (Lipinski definition) is 0. The Balaban J connectivity index is 2.82. The van der Waals surface area contributed by atoms with Gasteiger partial charge < -0.3 is 13.7 Å². The van der Waals surface area contributed by atoms with Crippen LogP contribution < -0.4 is 4.18 Å². The molecule has 1 heterocycles. The highest BCUT2D eigenvalue weighted by Crippen LogP contribution is 2.33. The van der Waals surface area contributed by atoms with Gasteiger partial charge in [0.25, 0.3) is 5.88 Å². The summed E-state index contributed by atoms with van der Waals surface area (Å²) >= 11 is 0. The molecule has 1 aromatic heterocycles. The van der Waals surface area contributed by atoms with Crippen LogP contribution in [0.4, 0.5) is 13.2 Å². The van der Waals surface area contributed by atoms with Crippen molar-refractivity contribution in [3.63, 3.8) is 0 Å². The first-order chi connectivity index (χ1) is 12.5. The highest BCUT2D eigenvalue weighted by atomic mass is 32.2. The average Bonchev–Trinajstić information content (AvgIpc) is 2.98. The number of para-hydroxylation sites is 1. The molecular weight excluding hydrogens is 397 g/mol. The van der Waals surface area contributed by atoms with E-state index in [-0.39, 0.29) is 5.69 Å². The second-order valence-electron chi connectivity index (χ2n) is 4.74. The molecule has 0 amide bonds. The Labute approximate surface area is 150 Å². The summed E-state index contributed by atoms with van der Waals surface area (Å²) in [7, 11) is -4.39. The number of methoxy groups -OCH3 is 2. The monoisotopic (exact) mass is 408 g/mol. The summed E-state index contributed by atoms with van der Waals surface area (Å²) < 4.78 is 74.7. The minimum Gasteiger partial charge on any atom is -0.465 e. The van der Waals surface area contributed by atoms with E-state index in [4.69, 9.17) is 0 Å². The number of benzene rings is 1. The molecule has 0 unspecified atom stereocenters. The van der Waals surface area contributed by atoms with E-state index in [1.807, 2.05) is 0 Å². The van der Waals surface area contributed by atoms with Gasteiger partial charge in [-0.2, -0.15) is 31.4 Å². The fourth-order valence-electron chi connectivity index (χ4n) is 1.90. The number of hydrogen-bond acceptors (Lipinski definition) is 8. The zero-order valence-electron chi connectivity index (χ0n) is 13.7. The lowest BCUT2D eigenvalue weighted by molar-refractivity contribution is -0.0502. The van der Waals surface area contributed by atoms with Crippen LogP contribution in [-0.4, -0.2) is 49.9 Å². The van der Waals surface area contributed by atoms with Crippen LogP contribution in [0.25, 0.3) is 5.69 Å². The first kappa shape index (κ1) is 20.2. The van der Waals surface area contributed by atoms with Gasteiger partial charge in [0.05, 0.1) is 19.9 Å². The van der Waals surface area contributed by atoms with Crippen molar-refractivity contribution in [1.82, 2.24) is 9.78 Å². The van der Waals surface area contributed by atoms with Gasteiger partial charge in [0, 0.05) is 0 Å². The summed E-state index contributed by atoms with van der Waals surface area (Å²) in [6, 6.07) is 7.11. The lowest BCUT2D eigenvalue weighted by atomic mass is 10.2. The van der Waals surface area contributed by atoms with Crippen LogP contribution in [0.1, 0.15) is 20.8 Å². The molecule has 0 fully saturated rings. The number of rotatable bonds is 5. The van der Waals surface area contributed by atoms with E-state index in [1.165, 1.54) is 24.3 Å². The fourth-order valence-corrected chi connectivity index (χ4v) is 2.36. The van der Waals surface area contributed by atoms with Gasteiger partial charge in [-0.1, -0.05) is 18.2 Å². The molecule has 0 atom stereocenters. The summed E-state index contributed by atoms with van der Waals surface area (Å²) in [5.74, 6) is -3.75. The molecule has 1 aromatic carbocycles. The maximum absolute atomic E-state index is 12.7. The lowest BCUT2D eigenvalue weighted by Gasteiger charge is -2.12. The summed E-state index contributed by atoms with van der Waals surface area (Å²) in [5.41, 5.74) is -7.52. The molecule has 0 saturated heterocycles. The second kappa shape index (κ2) is 7.26. The van der Waals surface area contributed by atoms with Crippen LogP contribution in [-0.2, 0) is 19.6 Å². The molecule has 27 heavy (non-hydrogen) atoms. The van der Waals surface area contributed by atoms with Gasteiger partial charge in [-0.15, -0.1) is 0 Å². The molecule has 0 aliphatic carbocycles. The number of ether oxygens (including phenoxy) is 2. The van der Waals surface area contributed by atoms with E-state index in [2.05, 4.69) is 18.8 Å². The van der Waals surface area contributed by atoms with Crippen LogP contribution in [0, 0.1) is 0 Å². The predicted octanol–water partition coefficient (Wildman–Crippen LogP) is 1.67. The Kier molecular flexibility index (Phi) is 5.44. The number of nitrogens with zero attached hydrogens (tertiary/aromatic N) is 2. The van der Waals surface area contributed by atoms with Crippen molar-refractivity contribution in [2.75, 3.05) is 14.2 Å². The average molecular weight is 408 g/mol. The molecule has 146 valence electrons. The topological polar surface area (TPSA) is 114 Å². The molecule has 2 rings (SSSR count). The van der Waals surface area contributed by atoms with Gasteiger partial charge in [0.1, 0.15) is 0 Å². The molecule has 13 heteroatoms. The van der Waals surface area contributed by atoms with Crippen LogP contribution >= 0.6 is 0 Å². The van der Waals surface area contributed by atoms with Crippen molar-refractivity contribution >= 4 is 22.1 Å². The quantitative estimate of drug-likeness (QED) is 0.417. The van der Waals surface area contributed by atoms with E-state index in [1.54, 1.807) is 6.07 Å². The standard InChI is InChI=1S/C14H11F3N2O7S/c1-24-12(20)9-10(13(21)25-2)18-19(8-6-4-3-5-7-8)11(9)26-27(22,23)14(15,16)17/h3-7H,1-2H3. The Hall–Kier alpha value is -3.09. The minimum absolute atomic E-state index is 0.00480. The molecule has 2 aromatic rings. The highest BCUT2D eigenvalue weighted by molar-refractivity contribution is 7.88. The van der Waals surface area contributed by atoms with E-state index in [0.717, 1.165) is 14.2 Å². The maximum Gasteiger partial charge on any atom is 0.534 e. The van der Waals surface area contributed by atoms with Gasteiger partial charge in [0.15, 0.2) is 11.3 Å². The molecule has 0 saturated carbocycles. The van der Waals surface area contributed by atoms with Crippen molar-refractivity contribution in [3.05, 3.63) is 41.6 Å². The molecule has 0 aliphatic heterocycles. The van der Waals surface area contributed by atoms with Crippen LogP contribution in [0.15, 0.2) is 30.3 Å². The minimum atomic E-state index is -6.19. The Morgan fingerprint density at radius 3 is 2.07 bits per heavy atom. The Morgan fingerprint density at radius 2 is 1.59 bits per heavy atom. The molecule has 9 nitrogen and oxygen atoms in total. The predicted molar refractivity (Wildman–Crippen MR) is 81.8 cm³/mol. The first-order valence-corrected chi connectivity index (χ1v) is 8.30. The van der Waals surface area contributed by atoms with Crippen LogP contribution in [0.2, 0.25) is 0 Å². The van der Waals surface area contributed by atoms with E-state index < -0.39 is 44.7 Å². The summed E-state index contributed by atoms with van der Waals surface area (Å²) in [6.45, 7) is 0. The molecule has 0 spiro atoms. The molecule has 0 aliphatic rings. The molecule has 0 N–H and O–H groups in total. The number of esters is 2. The third-order valence-electron chi connectivity index (χ3n) is 3.08. The van der Waals surface area contributed by atoms with Gasteiger partial charge in [-0.3, -0.25) is 0 Å². The summed E-state index contributed by atoms with van der Waals surface area (Å²) in [5, 5.41) is 3.67. The fraction of sp³-hybridized carbons (Fsp3) is 0.214. The summed E-state index contributed by atoms with van der Waals surface area (Å²) in [4.78, 5) is 23.9. The van der Waals surface area contributed by atoms with Gasteiger partial charge in [0.2, 0.25) is 0 Å². The SMILES string of the molecule is COC(=O)c1nn(-c2ccccc2)c(OS(=O)(=O)C(F)(F)F)c1C(=O)OC. The second-order valence-corrected chi connectivity index (χ2v) is 6.28. The Bertz CT molecular complexity index is 969. The van der Waals surface area contributed by atoms with Gasteiger partial charge in [-0.25, -0.2) is 9.59 Å². The van der Waals surface area contributed by atoms with Crippen molar-refractivity contribution in [2.24, 2.45) is 0 Å². The van der Waals surface area contributed by atoms with E-state index in [0.29, 0.717) is 4.68 Å². The number of carbonyl (C=O) groups is 2. The molecule has 0 radical (unpaired) electrons. The normalized spacial score (nSPS) is 11.7. The lowest BCUT2D eigenvalue weighted by Crippen LogP contribution is -2.29. The summed E-state index contributed by atoms with van der Waals surface area (Å²) in [6.07, 6.45) is 0. The van der Waals surface area contributed by atoms with Crippen molar-refractivity contribution < 1.29 is 44.8 Å². The van der Waals surface area contributed by atoms with Crippen LogP contribution in [0.5, 0.6) is 5.88 Å². The Morgan fingerprint density at radius 1 is 1.04 bits per heavy atom. The third kappa shape index (κ3) is 3.86. The zero-order chi connectivity index (χ0) is 20.4. The number of alkyl halides is 3. The van der Waals surface area contributed by atoms with Crippen molar-refractivity contribution in [2.45, 2.75) is 5.51 Å². The van der Waals surface area contributed by atoms with E-state index >= 15 is 0 Å². The highest BCUT2D eigenvalue weighted by Gasteiger charge is 2.50. The zero-order valence-corrected chi connectivity index (χ0v) is 14.5. The smallest absolute Gasteiger partial charge is 0.465 e. The molecular formula is C14H11F3N2O7S. The van der Waals surface area contributed by atoms with Crippen molar-refractivity contribution in [3.8, 4) is 11.6 Å². The number of aromatic nitrogens is 2. The number of carbonyl (C=O) groups excluding carboxylic acids is 2. The maximum atomic E-state index is 12.7. The van der Waals surface area contributed by atoms with E-state index in [9.17, 15) is 31.2 Å². The first-order valence-electron chi connectivity index (χ1n) is 6.89. The largest absolute Gasteiger partial charge is 0.534 e. The van der Waals surface area contributed by atoms with Gasteiger partial charge in [-0.05, 0) is 12.1 Å². The number of halogens is 3. The van der Waals surface area contributed by atoms with Crippen LogP contribution in [0.3, 0.4) is 0 Å². The third-order valence-corrected chi connectivity index (χ3v) is 4.03.